The van der Waals surface area contributed by atoms with Gasteiger partial charge in [0, 0.05) is 6.42 Å². The van der Waals surface area contributed by atoms with E-state index in [4.69, 9.17) is 16.3 Å². The smallest absolute Gasteiger partial charge is 0.311 e. The second kappa shape index (κ2) is 6.84. The number of carbonyl (C=O) groups is 1. The number of rotatable bonds is 4. The fraction of sp³-hybridized carbons (Fsp3) is 0.167. The first-order valence-corrected chi connectivity index (χ1v) is 7.85. The summed E-state index contributed by atoms with van der Waals surface area (Å²) in [5.74, 6) is 0.353. The highest BCUT2D eigenvalue weighted by Crippen LogP contribution is 2.25. The molecule has 0 spiro atoms. The summed E-state index contributed by atoms with van der Waals surface area (Å²) in [6.45, 7) is 1.89. The summed E-state index contributed by atoms with van der Waals surface area (Å²) in [6, 6.07) is 12.3. The molecule has 0 aliphatic carbocycles. The van der Waals surface area contributed by atoms with Crippen molar-refractivity contribution >= 4 is 28.5 Å². The van der Waals surface area contributed by atoms with Crippen LogP contribution in [-0.4, -0.2) is 15.9 Å². The number of aryl methyl sites for hydroxylation is 2. The molecule has 3 rings (SSSR count). The average molecular weight is 343 g/mol. The zero-order valence-electron chi connectivity index (χ0n) is 13.0. The first kappa shape index (κ1) is 16.2. The van der Waals surface area contributed by atoms with Gasteiger partial charge in [-0.15, -0.1) is 0 Å². The summed E-state index contributed by atoms with van der Waals surface area (Å²) in [6.07, 6.45) is 0.369. The number of esters is 1. The van der Waals surface area contributed by atoms with Crippen LogP contribution in [0.4, 0.5) is 0 Å². The number of benzene rings is 2. The van der Waals surface area contributed by atoms with Crippen molar-refractivity contribution in [2.45, 2.75) is 19.8 Å². The molecule has 6 heteroatoms. The number of nitrogens with zero attached hydrogens (tertiary/aromatic N) is 1. The molecule has 5 nitrogen and oxygen atoms in total. The van der Waals surface area contributed by atoms with Crippen LogP contribution in [0.2, 0.25) is 5.02 Å². The van der Waals surface area contributed by atoms with Crippen LogP contribution in [0.15, 0.2) is 47.3 Å². The van der Waals surface area contributed by atoms with Gasteiger partial charge in [-0.2, -0.15) is 0 Å². The zero-order valence-corrected chi connectivity index (χ0v) is 13.8. The quantitative estimate of drug-likeness (QED) is 0.582. The summed E-state index contributed by atoms with van der Waals surface area (Å²) in [5, 5.41) is 0.904. The number of fused-ring (bicyclic) bond motifs is 1. The molecular weight excluding hydrogens is 328 g/mol. The van der Waals surface area contributed by atoms with Gasteiger partial charge < -0.3 is 9.72 Å². The Morgan fingerprint density at radius 1 is 1.25 bits per heavy atom. The lowest BCUT2D eigenvalue weighted by molar-refractivity contribution is -0.134. The van der Waals surface area contributed by atoms with E-state index < -0.39 is 5.97 Å². The first-order valence-electron chi connectivity index (χ1n) is 7.48. The van der Waals surface area contributed by atoms with Crippen molar-refractivity contribution in [1.82, 2.24) is 9.97 Å². The first-order chi connectivity index (χ1) is 11.5. The molecule has 2 aromatic carbocycles. The fourth-order valence-corrected chi connectivity index (χ4v) is 2.49. The molecule has 0 unspecified atom stereocenters. The lowest BCUT2D eigenvalue weighted by atomic mass is 10.2. The Kier molecular flexibility index (Phi) is 4.62. The Labute approximate surface area is 143 Å². The highest BCUT2D eigenvalue weighted by atomic mass is 35.5. The van der Waals surface area contributed by atoms with Gasteiger partial charge in [0.05, 0.1) is 22.3 Å². The number of para-hydroxylation sites is 1. The van der Waals surface area contributed by atoms with Gasteiger partial charge in [0.25, 0.3) is 5.56 Å². The molecule has 0 aliphatic heterocycles. The van der Waals surface area contributed by atoms with Gasteiger partial charge in [0.1, 0.15) is 11.6 Å². The Morgan fingerprint density at radius 2 is 2.04 bits per heavy atom. The third kappa shape index (κ3) is 3.63. The molecule has 0 radical (unpaired) electrons. The molecule has 0 aliphatic rings. The molecule has 24 heavy (non-hydrogen) atoms. The number of H-pyrrole nitrogens is 1. The van der Waals surface area contributed by atoms with E-state index in [1.54, 1.807) is 30.3 Å². The van der Waals surface area contributed by atoms with Crippen molar-refractivity contribution in [3.8, 4) is 5.75 Å². The highest BCUT2D eigenvalue weighted by molar-refractivity contribution is 6.32. The van der Waals surface area contributed by atoms with Crippen molar-refractivity contribution in [3.63, 3.8) is 0 Å². The summed E-state index contributed by atoms with van der Waals surface area (Å²) < 4.78 is 5.27. The SMILES string of the molecule is Cc1ccc(Cl)c(OC(=O)CCc2nc3ccccc3c(=O)[nH]2)c1. The van der Waals surface area contributed by atoms with Crippen LogP contribution in [0.25, 0.3) is 10.9 Å². The van der Waals surface area contributed by atoms with Crippen LogP contribution < -0.4 is 10.3 Å². The Balaban J connectivity index is 1.70. The number of ether oxygens (including phenoxy) is 1. The topological polar surface area (TPSA) is 72.0 Å². The molecule has 122 valence electrons. The minimum Gasteiger partial charge on any atom is -0.425 e. The molecule has 0 fully saturated rings. The minimum atomic E-state index is -0.432. The van der Waals surface area contributed by atoms with E-state index in [1.807, 2.05) is 19.1 Å². The number of hydrogen-bond donors (Lipinski definition) is 1. The maximum absolute atomic E-state index is 12.0. The third-order valence-corrected chi connectivity index (χ3v) is 3.85. The maximum atomic E-state index is 12.0. The summed E-state index contributed by atoms with van der Waals surface area (Å²) >= 11 is 6.01. The zero-order chi connectivity index (χ0) is 17.1. The molecule has 1 aromatic heterocycles. The van der Waals surface area contributed by atoms with Crippen LogP contribution in [-0.2, 0) is 11.2 Å². The van der Waals surface area contributed by atoms with Gasteiger partial charge in [-0.25, -0.2) is 4.98 Å². The number of aromatic amines is 1. The lowest BCUT2D eigenvalue weighted by Gasteiger charge is -2.07. The van der Waals surface area contributed by atoms with Crippen molar-refractivity contribution in [2.75, 3.05) is 0 Å². The predicted molar refractivity (Wildman–Crippen MR) is 92.5 cm³/mol. The molecule has 0 amide bonds. The van der Waals surface area contributed by atoms with E-state index in [2.05, 4.69) is 9.97 Å². The number of aromatic nitrogens is 2. The van der Waals surface area contributed by atoms with Gasteiger partial charge in [-0.05, 0) is 36.8 Å². The standard InChI is InChI=1S/C18H15ClN2O3/c1-11-6-7-13(19)15(10-11)24-17(22)9-8-16-20-14-5-3-2-4-12(14)18(23)21-16/h2-7,10H,8-9H2,1H3,(H,20,21,23). The second-order valence-electron chi connectivity index (χ2n) is 5.44. The summed E-state index contributed by atoms with van der Waals surface area (Å²) in [4.78, 5) is 31.0. The van der Waals surface area contributed by atoms with Gasteiger partial charge in [-0.3, -0.25) is 9.59 Å². The van der Waals surface area contributed by atoms with Gasteiger partial charge >= 0.3 is 5.97 Å². The highest BCUT2D eigenvalue weighted by Gasteiger charge is 2.11. The van der Waals surface area contributed by atoms with Crippen molar-refractivity contribution in [1.29, 1.82) is 0 Å². The molecule has 1 heterocycles. The lowest BCUT2D eigenvalue weighted by Crippen LogP contribution is -2.15. The molecule has 0 saturated carbocycles. The Morgan fingerprint density at radius 3 is 2.88 bits per heavy atom. The van der Waals surface area contributed by atoms with Crippen LogP contribution in [0.3, 0.4) is 0 Å². The molecule has 0 bridgehead atoms. The fourth-order valence-electron chi connectivity index (χ4n) is 2.34. The Hall–Kier alpha value is -2.66. The normalized spacial score (nSPS) is 10.8. The summed E-state index contributed by atoms with van der Waals surface area (Å²) in [5.41, 5.74) is 1.33. The second-order valence-corrected chi connectivity index (χ2v) is 5.84. The van der Waals surface area contributed by atoms with E-state index in [0.29, 0.717) is 27.5 Å². The van der Waals surface area contributed by atoms with E-state index in [-0.39, 0.29) is 18.4 Å². The number of hydrogen-bond acceptors (Lipinski definition) is 4. The van der Waals surface area contributed by atoms with Gasteiger partial charge in [0.2, 0.25) is 0 Å². The number of carbonyl (C=O) groups excluding carboxylic acids is 1. The molecule has 3 aromatic rings. The third-order valence-electron chi connectivity index (χ3n) is 3.54. The number of nitrogens with one attached hydrogen (secondary N) is 1. The maximum Gasteiger partial charge on any atom is 0.311 e. The number of halogens is 1. The Bertz CT molecular complexity index is 966. The van der Waals surface area contributed by atoms with Crippen LogP contribution in [0.1, 0.15) is 17.8 Å². The van der Waals surface area contributed by atoms with Crippen molar-refractivity contribution < 1.29 is 9.53 Å². The minimum absolute atomic E-state index is 0.0888. The molecule has 0 saturated heterocycles. The molecule has 1 N–H and O–H groups in total. The van der Waals surface area contributed by atoms with Gasteiger partial charge in [0.15, 0.2) is 0 Å². The van der Waals surface area contributed by atoms with E-state index >= 15 is 0 Å². The van der Waals surface area contributed by atoms with Crippen LogP contribution in [0.5, 0.6) is 5.75 Å². The molecule has 0 atom stereocenters. The monoisotopic (exact) mass is 342 g/mol. The van der Waals surface area contributed by atoms with Crippen LogP contribution >= 0.6 is 11.6 Å². The van der Waals surface area contributed by atoms with E-state index in [0.717, 1.165) is 5.56 Å². The van der Waals surface area contributed by atoms with E-state index in [1.165, 1.54) is 0 Å². The van der Waals surface area contributed by atoms with Crippen molar-refractivity contribution in [2.24, 2.45) is 0 Å². The van der Waals surface area contributed by atoms with E-state index in [9.17, 15) is 9.59 Å². The largest absolute Gasteiger partial charge is 0.425 e. The van der Waals surface area contributed by atoms with Crippen LogP contribution in [0, 0.1) is 6.92 Å². The average Bonchev–Trinajstić information content (AvgIpc) is 2.56. The molecular formula is C18H15ClN2O3. The van der Waals surface area contributed by atoms with Crippen molar-refractivity contribution in [3.05, 3.63) is 69.2 Å². The van der Waals surface area contributed by atoms with Gasteiger partial charge in [-0.1, -0.05) is 29.8 Å². The predicted octanol–water partition coefficient (Wildman–Crippen LogP) is 3.42. The summed E-state index contributed by atoms with van der Waals surface area (Å²) in [7, 11) is 0.